The maximum atomic E-state index is 6.19. The SMILES string of the molecule is Cc1ccnn1CCCNC(=S)Nc1ccn(Cc2ccccc2Cl)n1. The summed E-state index contributed by atoms with van der Waals surface area (Å²) >= 11 is 11.5. The molecule has 0 fully saturated rings. The third-order valence-electron chi connectivity index (χ3n) is 3.93. The van der Waals surface area contributed by atoms with Gasteiger partial charge in [-0.1, -0.05) is 29.8 Å². The Labute approximate surface area is 163 Å². The maximum Gasteiger partial charge on any atom is 0.171 e. The summed E-state index contributed by atoms with van der Waals surface area (Å²) in [6.07, 6.45) is 4.65. The Balaban J connectivity index is 1.43. The fourth-order valence-electron chi connectivity index (χ4n) is 2.54. The van der Waals surface area contributed by atoms with Gasteiger partial charge in [0.1, 0.15) is 0 Å². The van der Waals surface area contributed by atoms with Crippen LogP contribution in [-0.4, -0.2) is 31.2 Å². The molecule has 0 saturated carbocycles. The molecule has 1 aromatic carbocycles. The monoisotopic (exact) mass is 388 g/mol. The van der Waals surface area contributed by atoms with Crippen molar-refractivity contribution in [2.24, 2.45) is 0 Å². The van der Waals surface area contributed by atoms with Crippen LogP contribution in [0.5, 0.6) is 0 Å². The molecule has 2 heterocycles. The first-order valence-electron chi connectivity index (χ1n) is 8.42. The summed E-state index contributed by atoms with van der Waals surface area (Å²) in [5.41, 5.74) is 2.19. The van der Waals surface area contributed by atoms with E-state index >= 15 is 0 Å². The number of hydrogen-bond donors (Lipinski definition) is 2. The van der Waals surface area contributed by atoms with Crippen molar-refractivity contribution in [2.45, 2.75) is 26.4 Å². The van der Waals surface area contributed by atoms with Crippen molar-refractivity contribution in [3.8, 4) is 0 Å². The molecule has 6 nitrogen and oxygen atoms in total. The summed E-state index contributed by atoms with van der Waals surface area (Å²) < 4.78 is 3.81. The van der Waals surface area contributed by atoms with Crippen LogP contribution in [0.4, 0.5) is 5.82 Å². The lowest BCUT2D eigenvalue weighted by molar-refractivity contribution is 0.561. The van der Waals surface area contributed by atoms with E-state index in [4.69, 9.17) is 23.8 Å². The zero-order chi connectivity index (χ0) is 18.4. The van der Waals surface area contributed by atoms with Crippen molar-refractivity contribution in [2.75, 3.05) is 11.9 Å². The number of aryl methyl sites for hydroxylation is 2. The first-order chi connectivity index (χ1) is 12.6. The van der Waals surface area contributed by atoms with E-state index < -0.39 is 0 Å². The summed E-state index contributed by atoms with van der Waals surface area (Å²) in [5.74, 6) is 0.706. The number of hydrogen-bond acceptors (Lipinski definition) is 3. The van der Waals surface area contributed by atoms with Gasteiger partial charge in [-0.25, -0.2) is 0 Å². The fourth-order valence-corrected chi connectivity index (χ4v) is 2.94. The average Bonchev–Trinajstić information content (AvgIpc) is 3.23. The predicted octanol–water partition coefficient (Wildman–Crippen LogP) is 3.47. The number of anilines is 1. The summed E-state index contributed by atoms with van der Waals surface area (Å²) in [4.78, 5) is 0. The Morgan fingerprint density at radius 2 is 2.08 bits per heavy atom. The standard InChI is InChI=1S/C18H21ClN6S/c1-14-7-10-21-25(14)11-4-9-20-18(26)22-17-8-12-24(23-17)13-15-5-2-3-6-16(15)19/h2-3,5-8,10,12H,4,9,11,13H2,1H3,(H2,20,22,23,26). The van der Waals surface area contributed by atoms with E-state index in [0.29, 0.717) is 17.5 Å². The van der Waals surface area contributed by atoms with Gasteiger partial charge in [0.25, 0.3) is 0 Å². The first-order valence-corrected chi connectivity index (χ1v) is 9.20. The Hall–Kier alpha value is -2.38. The first kappa shape index (κ1) is 18.4. The van der Waals surface area contributed by atoms with Gasteiger partial charge in [0.2, 0.25) is 0 Å². The minimum Gasteiger partial charge on any atom is -0.362 e. The lowest BCUT2D eigenvalue weighted by Crippen LogP contribution is -2.30. The minimum atomic E-state index is 0.560. The highest BCUT2D eigenvalue weighted by atomic mass is 35.5. The predicted molar refractivity (Wildman–Crippen MR) is 109 cm³/mol. The number of thiocarbonyl (C=S) groups is 1. The van der Waals surface area contributed by atoms with Gasteiger partial charge in [-0.15, -0.1) is 0 Å². The molecular weight excluding hydrogens is 368 g/mol. The van der Waals surface area contributed by atoms with Gasteiger partial charge in [0.15, 0.2) is 10.9 Å². The molecule has 2 N–H and O–H groups in total. The van der Waals surface area contributed by atoms with Gasteiger partial charge >= 0.3 is 0 Å². The molecule has 2 aromatic heterocycles. The largest absolute Gasteiger partial charge is 0.362 e. The van der Waals surface area contributed by atoms with E-state index in [0.717, 1.165) is 35.8 Å². The molecule has 0 aliphatic carbocycles. The normalized spacial score (nSPS) is 10.7. The van der Waals surface area contributed by atoms with E-state index in [1.807, 2.05) is 65.1 Å². The minimum absolute atomic E-state index is 0.560. The van der Waals surface area contributed by atoms with Crippen LogP contribution in [0.2, 0.25) is 5.02 Å². The molecule has 0 atom stereocenters. The van der Waals surface area contributed by atoms with Gasteiger partial charge in [0.05, 0.1) is 6.54 Å². The third kappa shape index (κ3) is 5.06. The molecule has 0 spiro atoms. The van der Waals surface area contributed by atoms with E-state index in [1.54, 1.807) is 0 Å². The van der Waals surface area contributed by atoms with Gasteiger partial charge in [-0.3, -0.25) is 9.36 Å². The van der Waals surface area contributed by atoms with E-state index in [2.05, 4.69) is 20.8 Å². The van der Waals surface area contributed by atoms with E-state index in [9.17, 15) is 0 Å². The molecule has 0 amide bonds. The maximum absolute atomic E-state index is 6.19. The molecule has 0 bridgehead atoms. The van der Waals surface area contributed by atoms with Crippen molar-refractivity contribution in [3.63, 3.8) is 0 Å². The Kier molecular flexibility index (Phi) is 6.25. The van der Waals surface area contributed by atoms with Crippen molar-refractivity contribution in [3.05, 3.63) is 65.1 Å². The molecule has 0 unspecified atom stereocenters. The van der Waals surface area contributed by atoms with Crippen molar-refractivity contribution in [1.82, 2.24) is 24.9 Å². The van der Waals surface area contributed by atoms with Gasteiger partial charge in [0, 0.05) is 42.3 Å². The van der Waals surface area contributed by atoms with Crippen LogP contribution < -0.4 is 10.6 Å². The second-order valence-electron chi connectivity index (χ2n) is 5.92. The Morgan fingerprint density at radius 1 is 1.23 bits per heavy atom. The molecular formula is C18H21ClN6S. The topological polar surface area (TPSA) is 59.7 Å². The summed E-state index contributed by atoms with van der Waals surface area (Å²) in [6.45, 7) is 4.29. The highest BCUT2D eigenvalue weighted by molar-refractivity contribution is 7.80. The van der Waals surface area contributed by atoms with Crippen LogP contribution in [0, 0.1) is 6.92 Å². The lowest BCUT2D eigenvalue weighted by atomic mass is 10.2. The highest BCUT2D eigenvalue weighted by Gasteiger charge is 2.04. The Morgan fingerprint density at radius 3 is 2.85 bits per heavy atom. The number of aromatic nitrogens is 4. The molecule has 3 rings (SSSR count). The molecule has 26 heavy (non-hydrogen) atoms. The van der Waals surface area contributed by atoms with Crippen molar-refractivity contribution >= 4 is 34.7 Å². The smallest absolute Gasteiger partial charge is 0.171 e. The van der Waals surface area contributed by atoms with Gasteiger partial charge in [-0.05, 0) is 43.3 Å². The molecule has 0 aliphatic rings. The second-order valence-corrected chi connectivity index (χ2v) is 6.74. The second kappa shape index (κ2) is 8.82. The van der Waals surface area contributed by atoms with E-state index in [-0.39, 0.29) is 0 Å². The van der Waals surface area contributed by atoms with Crippen LogP contribution in [0.1, 0.15) is 17.7 Å². The quantitative estimate of drug-likeness (QED) is 0.479. The number of nitrogens with zero attached hydrogens (tertiary/aromatic N) is 4. The molecule has 0 radical (unpaired) electrons. The van der Waals surface area contributed by atoms with Crippen LogP contribution >= 0.6 is 23.8 Å². The number of halogens is 1. The summed E-state index contributed by atoms with van der Waals surface area (Å²) in [5, 5.41) is 16.3. The van der Waals surface area contributed by atoms with Crippen LogP contribution in [0.3, 0.4) is 0 Å². The molecule has 136 valence electrons. The highest BCUT2D eigenvalue weighted by Crippen LogP contribution is 2.16. The van der Waals surface area contributed by atoms with Gasteiger partial charge in [-0.2, -0.15) is 10.2 Å². The lowest BCUT2D eigenvalue weighted by Gasteiger charge is -2.09. The number of rotatable bonds is 7. The van der Waals surface area contributed by atoms with Crippen LogP contribution in [-0.2, 0) is 13.1 Å². The molecule has 8 heteroatoms. The zero-order valence-electron chi connectivity index (χ0n) is 14.5. The molecule has 0 aliphatic heterocycles. The third-order valence-corrected chi connectivity index (χ3v) is 4.55. The van der Waals surface area contributed by atoms with Gasteiger partial charge < -0.3 is 10.6 Å². The summed E-state index contributed by atoms with van der Waals surface area (Å²) in [6, 6.07) is 11.6. The Bertz CT molecular complexity index is 872. The number of nitrogens with one attached hydrogen (secondary N) is 2. The summed E-state index contributed by atoms with van der Waals surface area (Å²) in [7, 11) is 0. The van der Waals surface area contributed by atoms with Crippen molar-refractivity contribution in [1.29, 1.82) is 0 Å². The van der Waals surface area contributed by atoms with Crippen LogP contribution in [0.25, 0.3) is 0 Å². The van der Waals surface area contributed by atoms with Crippen LogP contribution in [0.15, 0.2) is 48.8 Å². The average molecular weight is 389 g/mol. The fraction of sp³-hybridized carbons (Fsp3) is 0.278. The zero-order valence-corrected chi connectivity index (χ0v) is 16.1. The number of benzene rings is 1. The van der Waals surface area contributed by atoms with Crippen molar-refractivity contribution < 1.29 is 0 Å². The molecule has 3 aromatic rings. The van der Waals surface area contributed by atoms with E-state index in [1.165, 1.54) is 0 Å². The molecule has 0 saturated heterocycles.